The van der Waals surface area contributed by atoms with Crippen molar-refractivity contribution in [3.63, 3.8) is 0 Å². The molecule has 0 heterocycles. The van der Waals surface area contributed by atoms with Crippen molar-refractivity contribution in [2.75, 3.05) is 13.7 Å². The van der Waals surface area contributed by atoms with Crippen molar-refractivity contribution < 1.29 is 27.8 Å². The first-order valence-electron chi connectivity index (χ1n) is 8.30. The number of ether oxygens (including phenoxy) is 2. The molecule has 0 bridgehead atoms. The standard InChI is InChI=1S/C20H19F3O3.C3H6/c1-12(11-26-16-8-9-18(24)17(21)10-16)6-7-13(2)14(3)19(22)20(23)15(4)25-5;1-3-2/h6-10,24H,1-4,11H2,5H3;3H,1H2,2H3/b7-6-,20-19-;. The largest absolute Gasteiger partial charge is 0.505 e. The molecule has 1 aromatic rings. The van der Waals surface area contributed by atoms with E-state index >= 15 is 0 Å². The number of halogens is 3. The van der Waals surface area contributed by atoms with E-state index in [2.05, 4.69) is 37.6 Å². The van der Waals surface area contributed by atoms with Crippen LogP contribution in [-0.2, 0) is 4.74 Å². The second-order valence-corrected chi connectivity index (χ2v) is 5.56. The highest BCUT2D eigenvalue weighted by Crippen LogP contribution is 2.27. The summed E-state index contributed by atoms with van der Waals surface area (Å²) >= 11 is 0. The van der Waals surface area contributed by atoms with E-state index in [0.29, 0.717) is 5.57 Å². The molecular formula is C23H25F3O3. The zero-order valence-electron chi connectivity index (χ0n) is 16.6. The maximum absolute atomic E-state index is 13.9. The summed E-state index contributed by atoms with van der Waals surface area (Å²) in [4.78, 5) is 0. The maximum atomic E-state index is 13.9. The fourth-order valence-corrected chi connectivity index (χ4v) is 1.61. The molecule has 1 N–H and O–H groups in total. The summed E-state index contributed by atoms with van der Waals surface area (Å²) in [6, 6.07) is 3.58. The van der Waals surface area contributed by atoms with Gasteiger partial charge in [0.2, 0.25) is 5.83 Å². The lowest BCUT2D eigenvalue weighted by molar-refractivity contribution is 0.281. The van der Waals surface area contributed by atoms with Crippen LogP contribution in [0.4, 0.5) is 13.2 Å². The fourth-order valence-electron chi connectivity index (χ4n) is 1.61. The Kier molecular flexibility index (Phi) is 11.4. The van der Waals surface area contributed by atoms with E-state index < -0.39 is 29.0 Å². The average Bonchev–Trinajstić information content (AvgIpc) is 2.71. The third-order valence-electron chi connectivity index (χ3n) is 3.20. The normalized spacial score (nSPS) is 10.9. The molecule has 0 amide bonds. The highest BCUT2D eigenvalue weighted by molar-refractivity contribution is 5.49. The number of hydrogen-bond acceptors (Lipinski definition) is 3. The molecule has 156 valence electrons. The highest BCUT2D eigenvalue weighted by Gasteiger charge is 2.14. The van der Waals surface area contributed by atoms with Gasteiger partial charge in [-0.1, -0.05) is 44.5 Å². The lowest BCUT2D eigenvalue weighted by atomic mass is 10.1. The smallest absolute Gasteiger partial charge is 0.200 e. The Hall–Kier alpha value is -3.41. The van der Waals surface area contributed by atoms with Crippen molar-refractivity contribution in [2.24, 2.45) is 0 Å². The molecule has 6 heteroatoms. The van der Waals surface area contributed by atoms with Gasteiger partial charge in [0.1, 0.15) is 18.1 Å². The van der Waals surface area contributed by atoms with Gasteiger partial charge >= 0.3 is 0 Å². The molecule has 0 aliphatic rings. The van der Waals surface area contributed by atoms with Gasteiger partial charge in [-0.05, 0) is 30.2 Å². The van der Waals surface area contributed by atoms with E-state index in [9.17, 15) is 13.2 Å². The van der Waals surface area contributed by atoms with Crippen LogP contribution in [0.1, 0.15) is 6.92 Å². The second-order valence-electron chi connectivity index (χ2n) is 5.56. The Balaban J connectivity index is 0.00000245. The van der Waals surface area contributed by atoms with E-state index in [0.717, 1.165) is 19.2 Å². The summed E-state index contributed by atoms with van der Waals surface area (Å²) in [7, 11) is 1.16. The topological polar surface area (TPSA) is 38.7 Å². The van der Waals surface area contributed by atoms with Crippen LogP contribution < -0.4 is 4.74 Å². The lowest BCUT2D eigenvalue weighted by Gasteiger charge is -2.08. The third kappa shape index (κ3) is 8.88. The molecule has 0 atom stereocenters. The molecule has 0 radical (unpaired) electrons. The number of benzene rings is 1. The molecule has 0 aliphatic carbocycles. The minimum Gasteiger partial charge on any atom is -0.505 e. The second kappa shape index (κ2) is 12.9. The summed E-state index contributed by atoms with van der Waals surface area (Å²) in [6.45, 7) is 19.2. The minimum atomic E-state index is -1.26. The molecule has 0 unspecified atom stereocenters. The van der Waals surface area contributed by atoms with E-state index in [-0.39, 0.29) is 23.5 Å². The van der Waals surface area contributed by atoms with Crippen LogP contribution in [-0.4, -0.2) is 18.8 Å². The van der Waals surface area contributed by atoms with E-state index in [1.807, 2.05) is 6.92 Å². The first-order valence-corrected chi connectivity index (χ1v) is 8.30. The number of hydrogen-bond donors (Lipinski definition) is 1. The molecule has 0 aliphatic heterocycles. The number of allylic oxidation sites excluding steroid dienone is 6. The van der Waals surface area contributed by atoms with Gasteiger partial charge in [-0.3, -0.25) is 0 Å². The Morgan fingerprint density at radius 2 is 1.69 bits per heavy atom. The summed E-state index contributed by atoms with van der Waals surface area (Å²) in [6.07, 6.45) is 4.61. The van der Waals surface area contributed by atoms with Gasteiger partial charge in [0.25, 0.3) is 0 Å². The number of methoxy groups -OCH3 is 1. The van der Waals surface area contributed by atoms with Crippen LogP contribution in [0.5, 0.6) is 11.5 Å². The zero-order chi connectivity index (χ0) is 22.6. The van der Waals surface area contributed by atoms with Crippen LogP contribution in [0.2, 0.25) is 0 Å². The van der Waals surface area contributed by atoms with E-state index in [4.69, 9.17) is 9.84 Å². The number of rotatable bonds is 9. The molecular weight excluding hydrogens is 381 g/mol. The van der Waals surface area contributed by atoms with Gasteiger partial charge < -0.3 is 14.6 Å². The Labute approximate surface area is 169 Å². The van der Waals surface area contributed by atoms with Gasteiger partial charge in [-0.25, -0.2) is 8.78 Å². The van der Waals surface area contributed by atoms with Crippen LogP contribution in [0.25, 0.3) is 0 Å². The quantitative estimate of drug-likeness (QED) is 0.284. The molecule has 1 rings (SSSR count). The van der Waals surface area contributed by atoms with Gasteiger partial charge in [-0.15, -0.1) is 6.58 Å². The summed E-state index contributed by atoms with van der Waals surface area (Å²) in [5, 5.41) is 9.10. The molecule has 0 saturated carbocycles. The molecule has 0 spiro atoms. The van der Waals surface area contributed by atoms with Gasteiger partial charge in [0, 0.05) is 11.6 Å². The van der Waals surface area contributed by atoms with Crippen molar-refractivity contribution in [2.45, 2.75) is 6.92 Å². The zero-order valence-corrected chi connectivity index (χ0v) is 16.6. The number of phenolic OH excluding ortho intramolecular Hbond substituents is 1. The first-order chi connectivity index (χ1) is 13.6. The predicted octanol–water partition coefficient (Wildman–Crippen LogP) is 6.64. The van der Waals surface area contributed by atoms with Gasteiger partial charge in [0.05, 0.1) is 7.11 Å². The van der Waals surface area contributed by atoms with Crippen molar-refractivity contribution in [1.29, 1.82) is 0 Å². The van der Waals surface area contributed by atoms with Crippen LogP contribution in [0, 0.1) is 5.82 Å². The number of aromatic hydroxyl groups is 1. The minimum absolute atomic E-state index is 0.00757. The molecule has 0 aromatic heterocycles. The Bertz CT molecular complexity index is 849. The third-order valence-corrected chi connectivity index (χ3v) is 3.20. The average molecular weight is 406 g/mol. The molecule has 0 fully saturated rings. The van der Waals surface area contributed by atoms with Crippen molar-refractivity contribution in [3.05, 3.63) is 109 Å². The molecule has 29 heavy (non-hydrogen) atoms. The van der Waals surface area contributed by atoms with Crippen molar-refractivity contribution >= 4 is 0 Å². The van der Waals surface area contributed by atoms with E-state index in [1.165, 1.54) is 18.2 Å². The summed E-state index contributed by atoms with van der Waals surface area (Å²) < 4.78 is 50.6. The predicted molar refractivity (Wildman–Crippen MR) is 111 cm³/mol. The Morgan fingerprint density at radius 1 is 1.10 bits per heavy atom. The molecule has 1 aromatic carbocycles. The van der Waals surface area contributed by atoms with Crippen molar-refractivity contribution in [1.82, 2.24) is 0 Å². The monoisotopic (exact) mass is 406 g/mol. The summed E-state index contributed by atoms with van der Waals surface area (Å²) in [5.41, 5.74) is 0.295. The van der Waals surface area contributed by atoms with E-state index in [1.54, 1.807) is 6.08 Å². The highest BCUT2D eigenvalue weighted by atomic mass is 19.2. The van der Waals surface area contributed by atoms with Crippen LogP contribution >= 0.6 is 0 Å². The number of phenols is 1. The maximum Gasteiger partial charge on any atom is 0.200 e. The first kappa shape index (κ1) is 25.6. The van der Waals surface area contributed by atoms with Crippen LogP contribution in [0.15, 0.2) is 103 Å². The molecule has 3 nitrogen and oxygen atoms in total. The van der Waals surface area contributed by atoms with Crippen LogP contribution in [0.3, 0.4) is 0 Å². The molecule has 0 saturated heterocycles. The fraction of sp³-hybridized carbons (Fsp3) is 0.130. The lowest BCUT2D eigenvalue weighted by Crippen LogP contribution is -1.99. The van der Waals surface area contributed by atoms with Gasteiger partial charge in [0.15, 0.2) is 17.4 Å². The summed E-state index contributed by atoms with van der Waals surface area (Å²) in [5.74, 6) is -4.04. The van der Waals surface area contributed by atoms with Crippen molar-refractivity contribution in [3.8, 4) is 11.5 Å². The Morgan fingerprint density at radius 3 is 2.21 bits per heavy atom. The van der Waals surface area contributed by atoms with Gasteiger partial charge in [-0.2, -0.15) is 4.39 Å². The SMILES string of the molecule is C=C(/C=C\C(=C)C(=C)/C(F)=C(/F)C(=C)OC)COc1ccc(O)c(F)c1.C=CC.